The summed E-state index contributed by atoms with van der Waals surface area (Å²) >= 11 is 6.84. The standard InChI is InChI=1S/C7H6ClF2NOS/c8-5-2-1-4(13-5)3-11-7(12)6(9)10/h1-2,6H,3H2,(H,11,12). The first-order chi connectivity index (χ1) is 6.09. The molecular weight excluding hydrogens is 220 g/mol. The van der Waals surface area contributed by atoms with Gasteiger partial charge in [0.25, 0.3) is 5.91 Å². The minimum atomic E-state index is -2.96. The number of hydrogen-bond donors (Lipinski definition) is 1. The molecule has 2 nitrogen and oxygen atoms in total. The van der Waals surface area contributed by atoms with Gasteiger partial charge in [-0.1, -0.05) is 11.6 Å². The summed E-state index contributed by atoms with van der Waals surface area (Å²) in [6, 6.07) is 3.33. The van der Waals surface area contributed by atoms with Crippen molar-refractivity contribution >= 4 is 28.8 Å². The van der Waals surface area contributed by atoms with E-state index in [9.17, 15) is 13.6 Å². The highest BCUT2D eigenvalue weighted by Crippen LogP contribution is 2.20. The average Bonchev–Trinajstić information content (AvgIpc) is 2.47. The van der Waals surface area contributed by atoms with Crippen LogP contribution in [-0.4, -0.2) is 12.3 Å². The Bertz CT molecular complexity index is 302. The third-order valence-electron chi connectivity index (χ3n) is 1.26. The Balaban J connectivity index is 2.39. The van der Waals surface area contributed by atoms with Crippen LogP contribution in [-0.2, 0) is 11.3 Å². The summed E-state index contributed by atoms with van der Waals surface area (Å²) in [7, 11) is 0. The van der Waals surface area contributed by atoms with Crippen LogP contribution in [0.1, 0.15) is 4.88 Å². The highest BCUT2D eigenvalue weighted by Gasteiger charge is 2.14. The number of halogens is 3. The van der Waals surface area contributed by atoms with Gasteiger partial charge in [0.2, 0.25) is 0 Å². The molecule has 0 bridgehead atoms. The zero-order valence-corrected chi connectivity index (χ0v) is 7.96. The quantitative estimate of drug-likeness (QED) is 0.840. The molecule has 0 fully saturated rings. The Kier molecular flexibility index (Phi) is 3.62. The molecule has 0 spiro atoms. The molecule has 0 unspecified atom stereocenters. The molecule has 0 radical (unpaired) electrons. The fourth-order valence-corrected chi connectivity index (χ4v) is 1.73. The van der Waals surface area contributed by atoms with Crippen LogP contribution in [0.3, 0.4) is 0 Å². The van der Waals surface area contributed by atoms with Gasteiger partial charge in [-0.15, -0.1) is 11.3 Å². The molecule has 1 aromatic heterocycles. The van der Waals surface area contributed by atoms with E-state index in [1.807, 2.05) is 0 Å². The normalized spacial score (nSPS) is 10.5. The Labute approximate surface area is 82.5 Å². The summed E-state index contributed by atoms with van der Waals surface area (Å²) in [5.74, 6) is -1.26. The van der Waals surface area contributed by atoms with Crippen molar-refractivity contribution in [1.29, 1.82) is 0 Å². The van der Waals surface area contributed by atoms with Gasteiger partial charge in [0.05, 0.1) is 10.9 Å². The summed E-state index contributed by atoms with van der Waals surface area (Å²) in [6.45, 7) is 0.0978. The third-order valence-corrected chi connectivity index (χ3v) is 2.50. The molecule has 72 valence electrons. The van der Waals surface area contributed by atoms with E-state index in [0.29, 0.717) is 4.34 Å². The molecule has 0 aliphatic carbocycles. The summed E-state index contributed by atoms with van der Waals surface area (Å²) in [5, 5.41) is 2.07. The highest BCUT2D eigenvalue weighted by molar-refractivity contribution is 7.16. The number of amides is 1. The molecule has 1 N–H and O–H groups in total. The Morgan fingerprint density at radius 3 is 2.77 bits per heavy atom. The molecule has 0 saturated carbocycles. The minimum Gasteiger partial charge on any atom is -0.346 e. The molecule has 0 aliphatic rings. The second-order valence-corrected chi connectivity index (χ2v) is 4.02. The second-order valence-electron chi connectivity index (χ2n) is 2.22. The van der Waals surface area contributed by atoms with E-state index in [1.165, 1.54) is 11.3 Å². The van der Waals surface area contributed by atoms with Crippen LogP contribution in [0.5, 0.6) is 0 Å². The highest BCUT2D eigenvalue weighted by atomic mass is 35.5. The maximum absolute atomic E-state index is 11.7. The first-order valence-electron chi connectivity index (χ1n) is 3.39. The summed E-state index contributed by atoms with van der Waals surface area (Å²) in [4.78, 5) is 11.2. The first-order valence-corrected chi connectivity index (χ1v) is 4.59. The van der Waals surface area contributed by atoms with Gasteiger partial charge in [-0.05, 0) is 12.1 Å². The number of alkyl halides is 2. The van der Waals surface area contributed by atoms with Gasteiger partial charge in [0.15, 0.2) is 0 Å². The smallest absolute Gasteiger partial charge is 0.315 e. The number of carbonyl (C=O) groups is 1. The lowest BCUT2D eigenvalue weighted by Gasteiger charge is -2.00. The van der Waals surface area contributed by atoms with Gasteiger partial charge in [-0.3, -0.25) is 4.79 Å². The van der Waals surface area contributed by atoms with Crippen molar-refractivity contribution in [2.24, 2.45) is 0 Å². The predicted octanol–water partition coefficient (Wildman–Crippen LogP) is 2.28. The number of rotatable bonds is 3. The molecular formula is C7H6ClF2NOS. The molecule has 1 aromatic rings. The van der Waals surface area contributed by atoms with Crippen molar-refractivity contribution in [3.05, 3.63) is 21.3 Å². The monoisotopic (exact) mass is 225 g/mol. The maximum Gasteiger partial charge on any atom is 0.315 e. The van der Waals surface area contributed by atoms with Crippen molar-refractivity contribution in [2.75, 3.05) is 0 Å². The molecule has 0 aliphatic heterocycles. The van der Waals surface area contributed by atoms with Crippen LogP contribution in [0.2, 0.25) is 4.34 Å². The van der Waals surface area contributed by atoms with E-state index >= 15 is 0 Å². The number of thiophene rings is 1. The Morgan fingerprint density at radius 1 is 1.62 bits per heavy atom. The van der Waals surface area contributed by atoms with Crippen LogP contribution in [0.25, 0.3) is 0 Å². The van der Waals surface area contributed by atoms with E-state index in [1.54, 1.807) is 12.1 Å². The zero-order chi connectivity index (χ0) is 9.84. The molecule has 0 aromatic carbocycles. The molecule has 0 saturated heterocycles. The van der Waals surface area contributed by atoms with Crippen molar-refractivity contribution < 1.29 is 13.6 Å². The number of hydrogen-bond acceptors (Lipinski definition) is 2. The molecule has 6 heteroatoms. The van der Waals surface area contributed by atoms with Crippen LogP contribution in [0.4, 0.5) is 8.78 Å². The van der Waals surface area contributed by atoms with Gasteiger partial charge < -0.3 is 5.32 Å². The first kappa shape index (κ1) is 10.4. The zero-order valence-electron chi connectivity index (χ0n) is 6.39. The van der Waals surface area contributed by atoms with E-state index < -0.39 is 12.3 Å². The van der Waals surface area contributed by atoms with Gasteiger partial charge in [-0.2, -0.15) is 8.78 Å². The van der Waals surface area contributed by atoms with Gasteiger partial charge in [0, 0.05) is 4.88 Å². The minimum absolute atomic E-state index is 0.0978. The van der Waals surface area contributed by atoms with Crippen molar-refractivity contribution in [3.8, 4) is 0 Å². The predicted molar refractivity (Wildman–Crippen MR) is 47.2 cm³/mol. The Morgan fingerprint density at radius 2 is 2.31 bits per heavy atom. The molecule has 1 rings (SSSR count). The van der Waals surface area contributed by atoms with E-state index in [4.69, 9.17) is 11.6 Å². The lowest BCUT2D eigenvalue weighted by molar-refractivity contribution is -0.131. The Hall–Kier alpha value is -0.680. The van der Waals surface area contributed by atoms with Gasteiger partial charge in [0.1, 0.15) is 0 Å². The van der Waals surface area contributed by atoms with E-state index in [-0.39, 0.29) is 6.54 Å². The van der Waals surface area contributed by atoms with Crippen LogP contribution in [0, 0.1) is 0 Å². The number of nitrogens with one attached hydrogen (secondary N) is 1. The molecule has 1 heterocycles. The number of carbonyl (C=O) groups excluding carboxylic acids is 1. The fraction of sp³-hybridized carbons (Fsp3) is 0.286. The largest absolute Gasteiger partial charge is 0.346 e. The van der Waals surface area contributed by atoms with E-state index in [0.717, 1.165) is 4.88 Å². The SMILES string of the molecule is O=C(NCc1ccc(Cl)s1)C(F)F. The topological polar surface area (TPSA) is 29.1 Å². The molecule has 0 atom stereocenters. The van der Waals surface area contributed by atoms with Crippen molar-refractivity contribution in [3.63, 3.8) is 0 Å². The molecule has 13 heavy (non-hydrogen) atoms. The van der Waals surface area contributed by atoms with Crippen molar-refractivity contribution in [2.45, 2.75) is 13.0 Å². The lowest BCUT2D eigenvalue weighted by atomic mass is 10.4. The van der Waals surface area contributed by atoms with Crippen molar-refractivity contribution in [1.82, 2.24) is 5.32 Å². The van der Waals surface area contributed by atoms with Crippen LogP contribution >= 0.6 is 22.9 Å². The van der Waals surface area contributed by atoms with Gasteiger partial charge >= 0.3 is 6.43 Å². The maximum atomic E-state index is 11.7. The summed E-state index contributed by atoms with van der Waals surface area (Å²) in [5.41, 5.74) is 0. The average molecular weight is 226 g/mol. The third kappa shape index (κ3) is 3.28. The van der Waals surface area contributed by atoms with Gasteiger partial charge in [-0.25, -0.2) is 0 Å². The summed E-state index contributed by atoms with van der Waals surface area (Å²) < 4.78 is 24.0. The lowest BCUT2D eigenvalue weighted by Crippen LogP contribution is -2.28. The fourth-order valence-electron chi connectivity index (χ4n) is 0.698. The van der Waals surface area contributed by atoms with Crippen LogP contribution < -0.4 is 5.32 Å². The summed E-state index contributed by atoms with van der Waals surface area (Å²) in [6.07, 6.45) is -2.96. The van der Waals surface area contributed by atoms with Crippen LogP contribution in [0.15, 0.2) is 12.1 Å². The molecule has 1 amide bonds. The second kappa shape index (κ2) is 4.53. The van der Waals surface area contributed by atoms with E-state index in [2.05, 4.69) is 5.32 Å².